The van der Waals surface area contributed by atoms with Gasteiger partial charge < -0.3 is 5.73 Å². The van der Waals surface area contributed by atoms with Crippen LogP contribution >= 0.6 is 0 Å². The molecule has 0 aromatic rings. The van der Waals surface area contributed by atoms with E-state index in [0.29, 0.717) is 18.8 Å². The fourth-order valence-corrected chi connectivity index (χ4v) is 0.864. The van der Waals surface area contributed by atoms with Crippen LogP contribution in [0.15, 0.2) is 12.7 Å². The molecular formula is C10H19NO. The lowest BCUT2D eigenvalue weighted by atomic mass is 9.98. The number of Topliss-reactive ketones (excluding diaryl/α,β-unsaturated/α-hetero) is 1. The first-order valence-corrected chi connectivity index (χ1v) is 4.46. The Kier molecular flexibility index (Phi) is 5.64. The van der Waals surface area contributed by atoms with Gasteiger partial charge in [0, 0.05) is 18.9 Å². The SMILES string of the molecule is C=CCCC(=O)CC(N)C(C)C. The van der Waals surface area contributed by atoms with Crippen LogP contribution < -0.4 is 5.73 Å². The largest absolute Gasteiger partial charge is 0.327 e. The van der Waals surface area contributed by atoms with Crippen LogP contribution in [0.1, 0.15) is 33.1 Å². The first-order valence-electron chi connectivity index (χ1n) is 4.46. The van der Waals surface area contributed by atoms with Crippen LogP contribution in [0.2, 0.25) is 0 Å². The molecule has 0 aromatic heterocycles. The third kappa shape index (κ3) is 5.08. The molecule has 2 heteroatoms. The van der Waals surface area contributed by atoms with Gasteiger partial charge in [-0.3, -0.25) is 4.79 Å². The fourth-order valence-electron chi connectivity index (χ4n) is 0.864. The summed E-state index contributed by atoms with van der Waals surface area (Å²) in [6.07, 6.45) is 3.62. The first-order chi connectivity index (χ1) is 5.57. The molecule has 0 spiro atoms. The van der Waals surface area contributed by atoms with E-state index in [4.69, 9.17) is 5.73 Å². The molecule has 2 N–H and O–H groups in total. The van der Waals surface area contributed by atoms with Crippen LogP contribution in [0, 0.1) is 5.92 Å². The van der Waals surface area contributed by atoms with Crippen molar-refractivity contribution >= 4 is 5.78 Å². The van der Waals surface area contributed by atoms with Crippen molar-refractivity contribution in [1.82, 2.24) is 0 Å². The molecule has 0 saturated heterocycles. The zero-order valence-corrected chi connectivity index (χ0v) is 8.05. The van der Waals surface area contributed by atoms with E-state index in [1.54, 1.807) is 6.08 Å². The van der Waals surface area contributed by atoms with E-state index in [1.807, 2.05) is 13.8 Å². The van der Waals surface area contributed by atoms with Gasteiger partial charge in [0.2, 0.25) is 0 Å². The molecular weight excluding hydrogens is 150 g/mol. The quantitative estimate of drug-likeness (QED) is 0.617. The predicted octanol–water partition coefficient (Wildman–Crippen LogP) is 1.90. The van der Waals surface area contributed by atoms with E-state index >= 15 is 0 Å². The highest BCUT2D eigenvalue weighted by Gasteiger charge is 2.11. The number of allylic oxidation sites excluding steroid dienone is 1. The maximum absolute atomic E-state index is 11.2. The normalized spacial score (nSPS) is 13.0. The van der Waals surface area contributed by atoms with Gasteiger partial charge in [-0.05, 0) is 12.3 Å². The van der Waals surface area contributed by atoms with Crippen LogP contribution in [0.5, 0.6) is 0 Å². The minimum absolute atomic E-state index is 0.0160. The topological polar surface area (TPSA) is 43.1 Å². The van der Waals surface area contributed by atoms with Gasteiger partial charge in [0.15, 0.2) is 0 Å². The highest BCUT2D eigenvalue weighted by atomic mass is 16.1. The molecule has 1 atom stereocenters. The molecule has 0 aliphatic heterocycles. The molecule has 0 rings (SSSR count). The molecule has 0 aromatic carbocycles. The van der Waals surface area contributed by atoms with Crippen LogP contribution in [-0.4, -0.2) is 11.8 Å². The smallest absolute Gasteiger partial charge is 0.134 e. The number of ketones is 1. The van der Waals surface area contributed by atoms with Crippen LogP contribution in [0.4, 0.5) is 0 Å². The number of carbonyl (C=O) groups is 1. The number of hydrogen-bond donors (Lipinski definition) is 1. The number of carbonyl (C=O) groups excluding carboxylic acids is 1. The lowest BCUT2D eigenvalue weighted by Crippen LogP contribution is -2.29. The summed E-state index contributed by atoms with van der Waals surface area (Å²) in [4.78, 5) is 11.2. The van der Waals surface area contributed by atoms with E-state index in [0.717, 1.165) is 6.42 Å². The van der Waals surface area contributed by atoms with Gasteiger partial charge in [-0.1, -0.05) is 19.9 Å². The Hall–Kier alpha value is -0.630. The Morgan fingerprint density at radius 3 is 2.58 bits per heavy atom. The van der Waals surface area contributed by atoms with Gasteiger partial charge in [-0.25, -0.2) is 0 Å². The van der Waals surface area contributed by atoms with Crippen molar-refractivity contribution in [2.24, 2.45) is 11.7 Å². The summed E-state index contributed by atoms with van der Waals surface area (Å²) < 4.78 is 0. The minimum Gasteiger partial charge on any atom is -0.327 e. The summed E-state index contributed by atoms with van der Waals surface area (Å²) in [6, 6.07) is 0.0160. The zero-order valence-electron chi connectivity index (χ0n) is 8.05. The molecule has 0 fully saturated rings. The summed E-state index contributed by atoms with van der Waals surface area (Å²) in [5, 5.41) is 0. The van der Waals surface area contributed by atoms with Gasteiger partial charge >= 0.3 is 0 Å². The van der Waals surface area contributed by atoms with E-state index < -0.39 is 0 Å². The predicted molar refractivity (Wildman–Crippen MR) is 51.9 cm³/mol. The summed E-state index contributed by atoms with van der Waals surface area (Å²) in [7, 11) is 0. The van der Waals surface area contributed by atoms with Gasteiger partial charge in [0.05, 0.1) is 0 Å². The molecule has 0 bridgehead atoms. The van der Waals surface area contributed by atoms with Gasteiger partial charge in [-0.2, -0.15) is 0 Å². The van der Waals surface area contributed by atoms with E-state index in [1.165, 1.54) is 0 Å². The first kappa shape index (κ1) is 11.4. The summed E-state index contributed by atoms with van der Waals surface area (Å²) >= 11 is 0. The molecule has 0 aliphatic carbocycles. The lowest BCUT2D eigenvalue weighted by molar-refractivity contribution is -0.119. The van der Waals surface area contributed by atoms with Crippen molar-refractivity contribution in [2.45, 2.75) is 39.2 Å². The Morgan fingerprint density at radius 1 is 1.58 bits per heavy atom. The second-order valence-corrected chi connectivity index (χ2v) is 3.48. The Bertz CT molecular complexity index is 152. The third-order valence-corrected chi connectivity index (χ3v) is 1.95. The van der Waals surface area contributed by atoms with Crippen molar-refractivity contribution in [3.8, 4) is 0 Å². The lowest BCUT2D eigenvalue weighted by Gasteiger charge is -2.13. The average molecular weight is 169 g/mol. The zero-order chi connectivity index (χ0) is 9.56. The number of rotatable bonds is 6. The summed E-state index contributed by atoms with van der Waals surface area (Å²) in [6.45, 7) is 7.63. The molecule has 12 heavy (non-hydrogen) atoms. The molecule has 1 unspecified atom stereocenters. The standard InChI is InChI=1S/C10H19NO/c1-4-5-6-9(12)7-10(11)8(2)3/h4,8,10H,1,5-7,11H2,2-3H3. The molecule has 70 valence electrons. The summed E-state index contributed by atoms with van der Waals surface area (Å²) in [5.41, 5.74) is 5.74. The highest BCUT2D eigenvalue weighted by molar-refractivity contribution is 5.79. The van der Waals surface area contributed by atoms with Crippen molar-refractivity contribution in [3.63, 3.8) is 0 Å². The third-order valence-electron chi connectivity index (χ3n) is 1.95. The molecule has 2 nitrogen and oxygen atoms in total. The monoisotopic (exact) mass is 169 g/mol. The number of nitrogens with two attached hydrogens (primary N) is 1. The minimum atomic E-state index is 0.0160. The Labute approximate surface area is 74.8 Å². The van der Waals surface area contributed by atoms with Crippen LogP contribution in [0.25, 0.3) is 0 Å². The van der Waals surface area contributed by atoms with Crippen LogP contribution in [-0.2, 0) is 4.79 Å². The van der Waals surface area contributed by atoms with Gasteiger partial charge in [0.1, 0.15) is 5.78 Å². The van der Waals surface area contributed by atoms with E-state index in [9.17, 15) is 4.79 Å². The van der Waals surface area contributed by atoms with Crippen molar-refractivity contribution < 1.29 is 4.79 Å². The Morgan fingerprint density at radius 2 is 2.17 bits per heavy atom. The maximum atomic E-state index is 11.2. The summed E-state index contributed by atoms with van der Waals surface area (Å²) in [5.74, 6) is 0.633. The van der Waals surface area contributed by atoms with Crippen LogP contribution in [0.3, 0.4) is 0 Å². The Balaban J connectivity index is 3.61. The fraction of sp³-hybridized carbons (Fsp3) is 0.700. The van der Waals surface area contributed by atoms with Gasteiger partial charge in [0.25, 0.3) is 0 Å². The molecule has 0 aliphatic rings. The van der Waals surface area contributed by atoms with Crippen molar-refractivity contribution in [3.05, 3.63) is 12.7 Å². The van der Waals surface area contributed by atoms with E-state index in [-0.39, 0.29) is 11.8 Å². The molecule has 0 radical (unpaired) electrons. The molecule has 0 saturated carbocycles. The van der Waals surface area contributed by atoms with Gasteiger partial charge in [-0.15, -0.1) is 6.58 Å². The maximum Gasteiger partial charge on any atom is 0.134 e. The average Bonchev–Trinajstić information content (AvgIpc) is 2.00. The van der Waals surface area contributed by atoms with Crippen molar-refractivity contribution in [2.75, 3.05) is 0 Å². The van der Waals surface area contributed by atoms with E-state index in [2.05, 4.69) is 6.58 Å². The molecule has 0 heterocycles. The van der Waals surface area contributed by atoms with Crippen molar-refractivity contribution in [1.29, 1.82) is 0 Å². The second-order valence-electron chi connectivity index (χ2n) is 3.48. The second kappa shape index (κ2) is 5.95. The molecule has 0 amide bonds. The highest BCUT2D eigenvalue weighted by Crippen LogP contribution is 2.05. The number of hydrogen-bond acceptors (Lipinski definition) is 2.